The lowest BCUT2D eigenvalue weighted by atomic mass is 9.89. The smallest absolute Gasteiger partial charge is 0.320 e. The highest BCUT2D eigenvalue weighted by molar-refractivity contribution is 5.97. The summed E-state index contributed by atoms with van der Waals surface area (Å²) in [5, 5.41) is 0.938. The first-order chi connectivity index (χ1) is 15.4. The van der Waals surface area contributed by atoms with Crippen molar-refractivity contribution in [3.8, 4) is 0 Å². The van der Waals surface area contributed by atoms with Gasteiger partial charge in [0, 0.05) is 5.69 Å². The van der Waals surface area contributed by atoms with E-state index in [1.54, 1.807) is 0 Å². The SMILES string of the molecule is CCc1ccccc1NC(=O)C(F)(F)C(F)(F)C(F)(F)C(F)(F)C(F)(F)C(F)(F)C(F)(F)C(F)F. The molecule has 18 heteroatoms. The van der Waals surface area contributed by atoms with E-state index in [2.05, 4.69) is 0 Å². The molecule has 0 saturated heterocycles. The van der Waals surface area contributed by atoms with Crippen molar-refractivity contribution in [1.29, 1.82) is 0 Å². The lowest BCUT2D eigenvalue weighted by Crippen LogP contribution is -2.74. The van der Waals surface area contributed by atoms with E-state index in [4.69, 9.17) is 0 Å². The molecule has 0 saturated carbocycles. The van der Waals surface area contributed by atoms with Gasteiger partial charge in [0.25, 0.3) is 0 Å². The number of rotatable bonds is 10. The van der Waals surface area contributed by atoms with Crippen molar-refractivity contribution in [3.63, 3.8) is 0 Å². The summed E-state index contributed by atoms with van der Waals surface area (Å²) in [6.45, 7) is 1.31. The van der Waals surface area contributed by atoms with E-state index < -0.39 is 59.5 Å². The minimum absolute atomic E-state index is 0.113. The number of benzene rings is 1. The lowest BCUT2D eigenvalue weighted by Gasteiger charge is -2.42. The number of carbonyl (C=O) groups excluding carboxylic acids is 1. The summed E-state index contributed by atoms with van der Waals surface area (Å²) in [5.41, 5.74) is -0.878. The van der Waals surface area contributed by atoms with Gasteiger partial charge in [-0.25, -0.2) is 8.78 Å². The molecule has 0 atom stereocenters. The van der Waals surface area contributed by atoms with Gasteiger partial charge in [0.1, 0.15) is 0 Å². The summed E-state index contributed by atoms with van der Waals surface area (Å²) in [6, 6.07) is 4.02. The molecule has 0 aliphatic carbocycles. The summed E-state index contributed by atoms with van der Waals surface area (Å²) in [6.07, 6.45) is -6.04. The summed E-state index contributed by atoms with van der Waals surface area (Å²) in [5.74, 6) is -59.6. The van der Waals surface area contributed by atoms with Crippen LogP contribution in [0.2, 0.25) is 0 Å². The molecule has 1 rings (SSSR count). The standard InChI is InChI=1S/C17H11F16NO/c1-2-7-5-3-4-6-8(7)34-10(35)12(22,23)14(26,27)16(30,31)17(32,33)15(28,29)13(24,25)11(20,21)9(18)19/h3-6,9H,2H2,1H3,(H,34,35). The van der Waals surface area contributed by atoms with Gasteiger partial charge in [-0.2, -0.15) is 61.5 Å². The Morgan fingerprint density at radius 3 is 1.54 bits per heavy atom. The molecule has 0 radical (unpaired) electrons. The number of amides is 1. The Morgan fingerprint density at radius 1 is 0.714 bits per heavy atom. The van der Waals surface area contributed by atoms with Crippen LogP contribution in [0.3, 0.4) is 0 Å². The highest BCUT2D eigenvalue weighted by atomic mass is 19.4. The van der Waals surface area contributed by atoms with Crippen molar-refractivity contribution in [3.05, 3.63) is 29.8 Å². The fourth-order valence-corrected chi connectivity index (χ4v) is 2.43. The molecule has 1 aromatic carbocycles. The molecule has 0 heterocycles. The second kappa shape index (κ2) is 8.90. The zero-order valence-electron chi connectivity index (χ0n) is 16.5. The summed E-state index contributed by atoms with van der Waals surface area (Å²) >= 11 is 0. The van der Waals surface area contributed by atoms with Crippen molar-refractivity contribution < 1.29 is 75.0 Å². The predicted molar refractivity (Wildman–Crippen MR) is 85.1 cm³/mol. The van der Waals surface area contributed by atoms with Crippen LogP contribution in [0, 0.1) is 0 Å². The number of hydrogen-bond donors (Lipinski definition) is 1. The van der Waals surface area contributed by atoms with E-state index in [-0.39, 0.29) is 12.0 Å². The fraction of sp³-hybridized carbons (Fsp3) is 0.588. The number of aryl methyl sites for hydroxylation is 1. The number of hydrogen-bond acceptors (Lipinski definition) is 1. The third-order valence-corrected chi connectivity index (χ3v) is 4.60. The Hall–Kier alpha value is -2.43. The first kappa shape index (κ1) is 30.6. The Morgan fingerprint density at radius 2 is 1.11 bits per heavy atom. The quantitative estimate of drug-likeness (QED) is 0.316. The molecule has 1 N–H and O–H groups in total. The van der Waals surface area contributed by atoms with Gasteiger partial charge in [0.05, 0.1) is 0 Å². The number of nitrogens with one attached hydrogen (secondary N) is 1. The van der Waals surface area contributed by atoms with Gasteiger partial charge in [-0.1, -0.05) is 25.1 Å². The molecular formula is C17H11F16NO. The molecule has 202 valence electrons. The van der Waals surface area contributed by atoms with Crippen LogP contribution in [0.15, 0.2) is 24.3 Å². The van der Waals surface area contributed by atoms with Crippen LogP contribution in [0.5, 0.6) is 0 Å². The van der Waals surface area contributed by atoms with E-state index in [1.165, 1.54) is 13.0 Å². The maximum Gasteiger partial charge on any atom is 0.393 e. The maximum absolute atomic E-state index is 13.9. The number of halogens is 16. The van der Waals surface area contributed by atoms with E-state index >= 15 is 0 Å². The molecule has 0 unspecified atom stereocenters. The molecule has 35 heavy (non-hydrogen) atoms. The van der Waals surface area contributed by atoms with Crippen LogP contribution in [0.25, 0.3) is 0 Å². The van der Waals surface area contributed by atoms with Gasteiger partial charge in [-0.05, 0) is 18.1 Å². The van der Waals surface area contributed by atoms with Crippen LogP contribution in [-0.2, 0) is 11.2 Å². The molecule has 0 fully saturated rings. The van der Waals surface area contributed by atoms with Crippen LogP contribution >= 0.6 is 0 Å². The van der Waals surface area contributed by atoms with Crippen molar-refractivity contribution in [2.75, 3.05) is 5.32 Å². The zero-order valence-corrected chi connectivity index (χ0v) is 16.5. The minimum atomic E-state index is -8.55. The van der Waals surface area contributed by atoms with Crippen molar-refractivity contribution in [2.45, 2.75) is 61.2 Å². The number of anilines is 1. The number of alkyl halides is 16. The van der Waals surface area contributed by atoms with E-state index in [1.807, 2.05) is 0 Å². The summed E-state index contributed by atoms with van der Waals surface area (Å²) in [4.78, 5) is 11.5. The van der Waals surface area contributed by atoms with Crippen LogP contribution in [0.1, 0.15) is 12.5 Å². The summed E-state index contributed by atoms with van der Waals surface area (Å²) in [7, 11) is 0. The second-order valence-corrected chi connectivity index (χ2v) is 6.83. The van der Waals surface area contributed by atoms with Gasteiger partial charge >= 0.3 is 53.8 Å². The predicted octanol–water partition coefficient (Wildman–Crippen LogP) is 6.90. The van der Waals surface area contributed by atoms with Crippen LogP contribution < -0.4 is 5.32 Å². The zero-order chi connectivity index (χ0) is 28.1. The third kappa shape index (κ3) is 4.25. The molecule has 0 bridgehead atoms. The normalized spacial score (nSPS) is 14.9. The molecule has 0 aliphatic heterocycles. The van der Waals surface area contributed by atoms with Crippen LogP contribution in [0.4, 0.5) is 75.9 Å². The first-order valence-corrected chi connectivity index (χ1v) is 8.71. The number of para-hydroxylation sites is 1. The topological polar surface area (TPSA) is 29.1 Å². The van der Waals surface area contributed by atoms with Crippen LogP contribution in [-0.4, -0.2) is 53.8 Å². The highest BCUT2D eigenvalue weighted by Gasteiger charge is 2.94. The molecule has 0 aliphatic rings. The Balaban J connectivity index is 3.56. The highest BCUT2D eigenvalue weighted by Crippen LogP contribution is 2.62. The van der Waals surface area contributed by atoms with Gasteiger partial charge < -0.3 is 5.32 Å². The molecule has 0 spiro atoms. The monoisotopic (exact) mass is 549 g/mol. The Bertz CT molecular complexity index is 926. The fourth-order valence-electron chi connectivity index (χ4n) is 2.43. The van der Waals surface area contributed by atoms with Gasteiger partial charge in [0.15, 0.2) is 0 Å². The third-order valence-electron chi connectivity index (χ3n) is 4.60. The molecular weight excluding hydrogens is 538 g/mol. The number of carbonyl (C=O) groups is 1. The average Bonchev–Trinajstić information content (AvgIpc) is 2.72. The Labute approximate surface area is 184 Å². The molecule has 1 aromatic rings. The lowest BCUT2D eigenvalue weighted by molar-refractivity contribution is -0.443. The molecule has 1 amide bonds. The van der Waals surface area contributed by atoms with E-state index in [0.29, 0.717) is 0 Å². The summed E-state index contributed by atoms with van der Waals surface area (Å²) < 4.78 is 213. The maximum atomic E-state index is 13.9. The van der Waals surface area contributed by atoms with Crippen molar-refractivity contribution in [1.82, 2.24) is 0 Å². The van der Waals surface area contributed by atoms with Crippen molar-refractivity contribution >= 4 is 11.6 Å². The Kier molecular flexibility index (Phi) is 7.78. The van der Waals surface area contributed by atoms with Crippen molar-refractivity contribution in [2.24, 2.45) is 0 Å². The van der Waals surface area contributed by atoms with Gasteiger partial charge in [-0.15, -0.1) is 0 Å². The molecule has 2 nitrogen and oxygen atoms in total. The van der Waals surface area contributed by atoms with E-state index in [9.17, 15) is 75.0 Å². The first-order valence-electron chi connectivity index (χ1n) is 8.71. The largest absolute Gasteiger partial charge is 0.393 e. The molecule has 0 aromatic heterocycles. The van der Waals surface area contributed by atoms with Gasteiger partial charge in [0.2, 0.25) is 0 Å². The second-order valence-electron chi connectivity index (χ2n) is 6.83. The van der Waals surface area contributed by atoms with E-state index in [0.717, 1.165) is 23.5 Å². The average molecular weight is 549 g/mol. The van der Waals surface area contributed by atoms with Gasteiger partial charge in [-0.3, -0.25) is 4.79 Å². The minimum Gasteiger partial charge on any atom is -0.320 e.